The third-order valence-electron chi connectivity index (χ3n) is 6.67. The van der Waals surface area contributed by atoms with E-state index in [4.69, 9.17) is 10.2 Å². The van der Waals surface area contributed by atoms with Crippen molar-refractivity contribution in [2.75, 3.05) is 6.61 Å². The average Bonchev–Trinajstić information content (AvgIpc) is 2.78. The maximum Gasteiger partial charge on any atom is 0.332 e. The molecule has 192 valence electrons. The van der Waals surface area contributed by atoms with Gasteiger partial charge in [-0.1, -0.05) is 148 Å². The first-order chi connectivity index (χ1) is 15.7. The molecule has 0 aromatic rings. The highest BCUT2D eigenvalue weighted by molar-refractivity contribution is 5.71. The van der Waals surface area contributed by atoms with Crippen LogP contribution >= 0.6 is 0 Å². The third-order valence-corrected chi connectivity index (χ3v) is 6.67. The van der Waals surface area contributed by atoms with E-state index in [2.05, 4.69) is 0 Å². The minimum absolute atomic E-state index is 0.357. The Balaban J connectivity index is 3.04. The molecule has 0 fully saturated rings. The monoisotopic (exact) mass is 456 g/mol. The summed E-state index contributed by atoms with van der Waals surface area (Å²) in [5, 5.41) is 26.6. The second-order valence-corrected chi connectivity index (χ2v) is 9.85. The summed E-state index contributed by atoms with van der Waals surface area (Å²) in [5.74, 6) is -1.09. The lowest BCUT2D eigenvalue weighted by atomic mass is 10.0. The van der Waals surface area contributed by atoms with Gasteiger partial charge in [-0.15, -0.1) is 0 Å². The topological polar surface area (TPSA) is 77.8 Å². The summed E-state index contributed by atoms with van der Waals surface area (Å²) in [4.78, 5) is 10.5. The second kappa shape index (κ2) is 26.6. The van der Waals surface area contributed by atoms with Crippen LogP contribution in [0.1, 0.15) is 161 Å². The molecular weight excluding hydrogens is 400 g/mol. The zero-order chi connectivity index (χ0) is 23.5. The van der Waals surface area contributed by atoms with Crippen LogP contribution in [0, 0.1) is 0 Å². The van der Waals surface area contributed by atoms with Gasteiger partial charge in [0, 0.05) is 6.61 Å². The lowest BCUT2D eigenvalue weighted by Crippen LogP contribution is -2.18. The molecule has 4 heteroatoms. The molecule has 0 aliphatic rings. The molecule has 0 radical (unpaired) electrons. The Morgan fingerprint density at radius 3 is 0.875 bits per heavy atom. The van der Waals surface area contributed by atoms with Gasteiger partial charge < -0.3 is 15.3 Å². The van der Waals surface area contributed by atoms with Gasteiger partial charge in [0.1, 0.15) is 0 Å². The number of carbonyl (C=O) groups is 1. The molecular formula is C28H56O4. The van der Waals surface area contributed by atoms with E-state index in [-0.39, 0.29) is 0 Å². The summed E-state index contributed by atoms with van der Waals surface area (Å²) in [6.07, 6.45) is 30.7. The van der Waals surface area contributed by atoms with Crippen LogP contribution in [0.2, 0.25) is 0 Å². The van der Waals surface area contributed by atoms with Gasteiger partial charge in [-0.2, -0.15) is 0 Å². The van der Waals surface area contributed by atoms with Gasteiger partial charge in [0.2, 0.25) is 0 Å². The molecule has 3 N–H and O–H groups in total. The van der Waals surface area contributed by atoms with Crippen molar-refractivity contribution in [3.05, 3.63) is 0 Å². The van der Waals surface area contributed by atoms with E-state index in [1.54, 1.807) is 0 Å². The Morgan fingerprint density at radius 1 is 0.438 bits per heavy atom. The summed E-state index contributed by atoms with van der Waals surface area (Å²) < 4.78 is 0. The van der Waals surface area contributed by atoms with Gasteiger partial charge in [0.15, 0.2) is 6.10 Å². The van der Waals surface area contributed by atoms with E-state index in [9.17, 15) is 9.90 Å². The number of carboxylic acids is 1. The molecule has 0 aliphatic carbocycles. The fraction of sp³-hybridized carbons (Fsp3) is 0.964. The maximum absolute atomic E-state index is 10.5. The number of rotatable bonds is 27. The van der Waals surface area contributed by atoms with Crippen molar-refractivity contribution in [1.82, 2.24) is 0 Å². The molecule has 1 unspecified atom stereocenters. The second-order valence-electron chi connectivity index (χ2n) is 9.85. The first kappa shape index (κ1) is 31.4. The van der Waals surface area contributed by atoms with Crippen molar-refractivity contribution < 1.29 is 20.1 Å². The van der Waals surface area contributed by atoms with E-state index in [1.165, 1.54) is 135 Å². The van der Waals surface area contributed by atoms with Gasteiger partial charge >= 0.3 is 5.97 Å². The normalized spacial score (nSPS) is 12.3. The molecule has 0 aliphatic heterocycles. The zero-order valence-electron chi connectivity index (χ0n) is 21.2. The first-order valence-corrected chi connectivity index (χ1v) is 14.2. The average molecular weight is 457 g/mol. The van der Waals surface area contributed by atoms with Crippen LogP contribution in [0.3, 0.4) is 0 Å². The molecule has 0 saturated carbocycles. The highest BCUT2D eigenvalue weighted by Gasteiger charge is 2.11. The van der Waals surface area contributed by atoms with Gasteiger partial charge in [0.05, 0.1) is 0 Å². The van der Waals surface area contributed by atoms with E-state index >= 15 is 0 Å². The third kappa shape index (κ3) is 25.6. The van der Waals surface area contributed by atoms with Crippen molar-refractivity contribution >= 4 is 5.97 Å². The minimum atomic E-state index is -1.17. The van der Waals surface area contributed by atoms with E-state index in [0.717, 1.165) is 19.3 Å². The standard InChI is InChI=1S/C28H56O4/c29-26-24-22-20-18-16-14-12-10-8-6-4-2-1-3-5-7-9-11-13-15-17-19-21-23-25-27(30)28(31)32/h27,29-30H,1-26H2,(H,31,32). The Hall–Kier alpha value is -0.610. The molecule has 0 aromatic heterocycles. The summed E-state index contributed by atoms with van der Waals surface area (Å²) in [6, 6.07) is 0. The Bertz CT molecular complexity index is 372. The number of hydrogen-bond acceptors (Lipinski definition) is 3. The van der Waals surface area contributed by atoms with Crippen molar-refractivity contribution in [2.45, 2.75) is 167 Å². The van der Waals surface area contributed by atoms with Crippen LogP contribution in [-0.2, 0) is 4.79 Å². The lowest BCUT2D eigenvalue weighted by Gasteiger charge is -2.05. The lowest BCUT2D eigenvalue weighted by molar-refractivity contribution is -0.146. The Kier molecular flexibility index (Phi) is 26.1. The van der Waals surface area contributed by atoms with Crippen LogP contribution in [0.5, 0.6) is 0 Å². The number of carboxylic acid groups (broad SMARTS) is 1. The summed E-state index contributed by atoms with van der Waals surface area (Å²) >= 11 is 0. The highest BCUT2D eigenvalue weighted by atomic mass is 16.4. The summed E-state index contributed by atoms with van der Waals surface area (Å²) in [5.41, 5.74) is 0. The number of aliphatic carboxylic acids is 1. The van der Waals surface area contributed by atoms with Crippen LogP contribution in [-0.4, -0.2) is 34.0 Å². The first-order valence-electron chi connectivity index (χ1n) is 14.2. The maximum atomic E-state index is 10.5. The number of aliphatic hydroxyl groups excluding tert-OH is 2. The summed E-state index contributed by atoms with van der Waals surface area (Å²) in [6.45, 7) is 0.357. The largest absolute Gasteiger partial charge is 0.479 e. The van der Waals surface area contributed by atoms with Crippen LogP contribution in [0.25, 0.3) is 0 Å². The Morgan fingerprint density at radius 2 is 0.656 bits per heavy atom. The predicted octanol–water partition coefficient (Wildman–Crippen LogP) is 8.18. The van der Waals surface area contributed by atoms with E-state index in [1.807, 2.05) is 0 Å². The highest BCUT2D eigenvalue weighted by Crippen LogP contribution is 2.16. The number of unbranched alkanes of at least 4 members (excludes halogenated alkanes) is 23. The van der Waals surface area contributed by atoms with Crippen LogP contribution in [0.4, 0.5) is 0 Å². The number of hydrogen-bond donors (Lipinski definition) is 3. The van der Waals surface area contributed by atoms with Crippen molar-refractivity contribution in [1.29, 1.82) is 0 Å². The molecule has 1 atom stereocenters. The van der Waals surface area contributed by atoms with Crippen LogP contribution < -0.4 is 0 Å². The molecule has 0 spiro atoms. The molecule has 0 aromatic carbocycles. The van der Waals surface area contributed by atoms with Crippen molar-refractivity contribution in [3.8, 4) is 0 Å². The zero-order valence-corrected chi connectivity index (χ0v) is 21.2. The fourth-order valence-corrected chi connectivity index (χ4v) is 4.46. The molecule has 0 amide bonds. The molecule has 0 rings (SSSR count). The quantitative estimate of drug-likeness (QED) is 0.109. The van der Waals surface area contributed by atoms with Crippen molar-refractivity contribution in [2.24, 2.45) is 0 Å². The van der Waals surface area contributed by atoms with Gasteiger partial charge in [-0.05, 0) is 12.8 Å². The smallest absolute Gasteiger partial charge is 0.332 e. The minimum Gasteiger partial charge on any atom is -0.479 e. The SMILES string of the molecule is O=C(O)C(O)CCCCCCCCCCCCCCCCCCCCCCCCCCO. The molecule has 0 heterocycles. The van der Waals surface area contributed by atoms with Crippen LogP contribution in [0.15, 0.2) is 0 Å². The molecule has 32 heavy (non-hydrogen) atoms. The number of aliphatic hydroxyl groups is 2. The molecule has 4 nitrogen and oxygen atoms in total. The van der Waals surface area contributed by atoms with E-state index in [0.29, 0.717) is 13.0 Å². The molecule has 0 saturated heterocycles. The van der Waals surface area contributed by atoms with Crippen molar-refractivity contribution in [3.63, 3.8) is 0 Å². The fourth-order valence-electron chi connectivity index (χ4n) is 4.46. The Labute approximate surface area is 199 Å². The van der Waals surface area contributed by atoms with Gasteiger partial charge in [-0.25, -0.2) is 4.79 Å². The van der Waals surface area contributed by atoms with E-state index < -0.39 is 12.1 Å². The predicted molar refractivity (Wildman–Crippen MR) is 136 cm³/mol. The van der Waals surface area contributed by atoms with Gasteiger partial charge in [-0.3, -0.25) is 0 Å². The molecule has 0 bridgehead atoms. The summed E-state index contributed by atoms with van der Waals surface area (Å²) in [7, 11) is 0. The van der Waals surface area contributed by atoms with Gasteiger partial charge in [0.25, 0.3) is 0 Å².